The minimum atomic E-state index is 0.0483. The van der Waals surface area contributed by atoms with Crippen LogP contribution in [0.5, 0.6) is 0 Å². The molecule has 134 valence electrons. The molecule has 0 heteroatoms. The maximum Gasteiger partial charge on any atom is 0.0164 e. The minimum absolute atomic E-state index is 0.0483. The quantitative estimate of drug-likeness (QED) is 0.434. The van der Waals surface area contributed by atoms with Crippen molar-refractivity contribution in [2.24, 2.45) is 0 Å². The topological polar surface area (TPSA) is 0 Å². The summed E-state index contributed by atoms with van der Waals surface area (Å²) >= 11 is 0. The zero-order valence-corrected chi connectivity index (χ0v) is 16.7. The molecule has 2 aliphatic rings. The van der Waals surface area contributed by atoms with Gasteiger partial charge in [-0.2, -0.15) is 0 Å². The molecule has 3 aromatic rings. The maximum absolute atomic E-state index is 2.44. The Hall–Kier alpha value is -2.60. The van der Waals surface area contributed by atoms with Crippen molar-refractivity contribution >= 4 is 6.08 Å². The van der Waals surface area contributed by atoms with Crippen LogP contribution in [-0.4, -0.2) is 0 Å². The van der Waals surface area contributed by atoms with Crippen molar-refractivity contribution in [2.45, 2.75) is 46.0 Å². The van der Waals surface area contributed by atoms with E-state index in [0.717, 1.165) is 6.42 Å². The maximum atomic E-state index is 2.44. The Morgan fingerprint density at radius 2 is 1.59 bits per heavy atom. The summed E-state index contributed by atoms with van der Waals surface area (Å²) in [5.74, 6) is 0. The Labute approximate surface area is 162 Å². The molecule has 27 heavy (non-hydrogen) atoms. The second-order valence-corrected chi connectivity index (χ2v) is 8.65. The molecule has 0 saturated carbocycles. The highest BCUT2D eigenvalue weighted by Gasteiger charge is 2.38. The van der Waals surface area contributed by atoms with Crippen molar-refractivity contribution < 1.29 is 0 Å². The van der Waals surface area contributed by atoms with Gasteiger partial charge in [0.2, 0.25) is 0 Å². The van der Waals surface area contributed by atoms with Gasteiger partial charge in [-0.25, -0.2) is 0 Å². The fraction of sp³-hybridized carbons (Fsp3) is 0.259. The first-order chi connectivity index (χ1) is 13.0. The molecule has 0 spiro atoms. The van der Waals surface area contributed by atoms with E-state index in [1.165, 1.54) is 62.1 Å². The van der Waals surface area contributed by atoms with Crippen LogP contribution in [0.15, 0.2) is 54.6 Å². The molecule has 0 fully saturated rings. The zero-order chi connectivity index (χ0) is 18.8. The van der Waals surface area contributed by atoms with Gasteiger partial charge < -0.3 is 0 Å². The van der Waals surface area contributed by atoms with Gasteiger partial charge in [-0.15, -0.1) is 0 Å². The summed E-state index contributed by atoms with van der Waals surface area (Å²) in [6.45, 7) is 9.26. The molecular formula is C27H26. The van der Waals surface area contributed by atoms with Gasteiger partial charge in [0.15, 0.2) is 0 Å². The predicted molar refractivity (Wildman–Crippen MR) is 116 cm³/mol. The standard InChI is InChI=1S/C27H26/c1-17-9-5-7-11-20(17)23-16-24-22-14-13-19-10-6-8-12-21(19)26(22)27(3,4)25(24)15-18(23)2/h5,7-9,11-16H,6,10H2,1-4H3. The highest BCUT2D eigenvalue weighted by Crippen LogP contribution is 2.53. The summed E-state index contributed by atoms with van der Waals surface area (Å²) < 4.78 is 0. The van der Waals surface area contributed by atoms with Gasteiger partial charge >= 0.3 is 0 Å². The van der Waals surface area contributed by atoms with Gasteiger partial charge in [0, 0.05) is 5.41 Å². The van der Waals surface area contributed by atoms with Gasteiger partial charge in [0.05, 0.1) is 0 Å². The van der Waals surface area contributed by atoms with Crippen LogP contribution in [0.4, 0.5) is 0 Å². The second-order valence-electron chi connectivity index (χ2n) is 8.65. The fourth-order valence-electron chi connectivity index (χ4n) is 5.16. The van der Waals surface area contributed by atoms with E-state index in [1.807, 2.05) is 0 Å². The molecular weight excluding hydrogens is 324 g/mol. The number of aryl methyl sites for hydroxylation is 3. The van der Waals surface area contributed by atoms with E-state index in [0.29, 0.717) is 0 Å². The van der Waals surface area contributed by atoms with Gasteiger partial charge in [0.25, 0.3) is 0 Å². The summed E-state index contributed by atoms with van der Waals surface area (Å²) in [7, 11) is 0. The number of allylic oxidation sites excluding steroid dienone is 1. The van der Waals surface area contributed by atoms with Crippen molar-refractivity contribution in [3.05, 3.63) is 88.0 Å². The first-order valence-corrected chi connectivity index (χ1v) is 10.0. The third-order valence-corrected chi connectivity index (χ3v) is 6.59. The smallest absolute Gasteiger partial charge is 0.0164 e. The molecule has 0 aliphatic heterocycles. The molecule has 5 rings (SSSR count). The van der Waals surface area contributed by atoms with Crippen molar-refractivity contribution in [2.75, 3.05) is 0 Å². The van der Waals surface area contributed by atoms with Gasteiger partial charge in [0.1, 0.15) is 0 Å². The molecule has 2 aliphatic carbocycles. The number of hydrogen-bond acceptors (Lipinski definition) is 0. The van der Waals surface area contributed by atoms with Crippen LogP contribution in [0, 0.1) is 13.8 Å². The average Bonchev–Trinajstić information content (AvgIpc) is 2.89. The van der Waals surface area contributed by atoms with E-state index in [1.54, 1.807) is 0 Å². The van der Waals surface area contributed by atoms with E-state index in [-0.39, 0.29) is 5.41 Å². The third kappa shape index (κ3) is 2.29. The SMILES string of the molecule is Cc1ccccc1-c1cc2c(cc1C)C(C)(C)c1c-2ccc2c1C=CCC2. The molecule has 0 unspecified atom stereocenters. The van der Waals surface area contributed by atoms with Crippen LogP contribution in [-0.2, 0) is 11.8 Å². The second kappa shape index (κ2) is 5.70. The summed E-state index contributed by atoms with van der Waals surface area (Å²) in [6, 6.07) is 18.3. The van der Waals surface area contributed by atoms with E-state index < -0.39 is 0 Å². The number of rotatable bonds is 1. The Morgan fingerprint density at radius 1 is 0.778 bits per heavy atom. The highest BCUT2D eigenvalue weighted by molar-refractivity contribution is 5.89. The minimum Gasteiger partial charge on any atom is -0.0836 e. The number of benzene rings is 3. The van der Waals surface area contributed by atoms with E-state index in [9.17, 15) is 0 Å². The lowest BCUT2D eigenvalue weighted by Crippen LogP contribution is -2.18. The Kier molecular flexibility index (Phi) is 3.49. The fourth-order valence-corrected chi connectivity index (χ4v) is 5.16. The van der Waals surface area contributed by atoms with E-state index in [4.69, 9.17) is 0 Å². The predicted octanol–water partition coefficient (Wildman–Crippen LogP) is 7.24. The largest absolute Gasteiger partial charge is 0.0836 e. The van der Waals surface area contributed by atoms with Crippen LogP contribution in [0.25, 0.3) is 28.3 Å². The Morgan fingerprint density at radius 3 is 2.41 bits per heavy atom. The molecule has 0 N–H and O–H groups in total. The first-order valence-electron chi connectivity index (χ1n) is 10.0. The molecule has 3 aromatic carbocycles. The molecule has 0 radical (unpaired) electrons. The highest BCUT2D eigenvalue weighted by atomic mass is 14.4. The molecule has 0 bridgehead atoms. The van der Waals surface area contributed by atoms with Crippen molar-refractivity contribution in [1.29, 1.82) is 0 Å². The lowest BCUT2D eigenvalue weighted by molar-refractivity contribution is 0.656. The molecule has 0 amide bonds. The van der Waals surface area contributed by atoms with Crippen LogP contribution in [0.3, 0.4) is 0 Å². The van der Waals surface area contributed by atoms with Gasteiger partial charge in [-0.1, -0.05) is 68.5 Å². The molecule has 0 heterocycles. The molecule has 0 nitrogen and oxygen atoms in total. The lowest BCUT2D eigenvalue weighted by atomic mass is 9.77. The summed E-state index contributed by atoms with van der Waals surface area (Å²) in [5, 5.41) is 0. The molecule has 0 aromatic heterocycles. The summed E-state index contributed by atoms with van der Waals surface area (Å²) in [6.07, 6.45) is 7.03. The average molecular weight is 351 g/mol. The summed E-state index contributed by atoms with van der Waals surface area (Å²) in [5.41, 5.74) is 14.3. The van der Waals surface area contributed by atoms with Gasteiger partial charge in [-0.3, -0.25) is 0 Å². The normalized spacial score (nSPS) is 16.0. The first kappa shape index (κ1) is 16.6. The number of fused-ring (bicyclic) bond motifs is 5. The van der Waals surface area contributed by atoms with E-state index in [2.05, 4.69) is 88.4 Å². The number of hydrogen-bond donors (Lipinski definition) is 0. The molecule has 0 saturated heterocycles. The Balaban J connectivity index is 1.80. The van der Waals surface area contributed by atoms with Crippen LogP contribution in [0.1, 0.15) is 53.6 Å². The lowest BCUT2D eigenvalue weighted by Gasteiger charge is -2.26. The van der Waals surface area contributed by atoms with E-state index >= 15 is 0 Å². The zero-order valence-electron chi connectivity index (χ0n) is 16.7. The van der Waals surface area contributed by atoms with Crippen LogP contribution >= 0.6 is 0 Å². The van der Waals surface area contributed by atoms with Crippen LogP contribution < -0.4 is 0 Å². The molecule has 0 atom stereocenters. The van der Waals surface area contributed by atoms with Crippen molar-refractivity contribution in [3.63, 3.8) is 0 Å². The van der Waals surface area contributed by atoms with Crippen molar-refractivity contribution in [1.82, 2.24) is 0 Å². The van der Waals surface area contributed by atoms with Gasteiger partial charge in [-0.05, 0) is 88.4 Å². The monoisotopic (exact) mass is 350 g/mol. The van der Waals surface area contributed by atoms with Crippen molar-refractivity contribution in [3.8, 4) is 22.3 Å². The Bertz CT molecular complexity index is 1110. The third-order valence-electron chi connectivity index (χ3n) is 6.59. The van der Waals surface area contributed by atoms with Crippen LogP contribution in [0.2, 0.25) is 0 Å². The summed E-state index contributed by atoms with van der Waals surface area (Å²) in [4.78, 5) is 0.